The molecule has 1 aliphatic heterocycles. The summed E-state index contributed by atoms with van der Waals surface area (Å²) < 4.78 is 0. The second-order valence-corrected chi connectivity index (χ2v) is 5.97. The number of aromatic nitrogens is 1. The Labute approximate surface area is 122 Å². The molecule has 1 fully saturated rings. The first-order valence-corrected chi connectivity index (χ1v) is 7.06. The van der Waals surface area contributed by atoms with Crippen LogP contribution in [-0.2, 0) is 0 Å². The Hall–Kier alpha value is -1.79. The molecule has 0 saturated carbocycles. The molecule has 2 rings (SSSR count). The van der Waals surface area contributed by atoms with Crippen molar-refractivity contribution in [3.63, 3.8) is 0 Å². The van der Waals surface area contributed by atoms with Crippen LogP contribution in [-0.4, -0.2) is 37.1 Å². The van der Waals surface area contributed by atoms with Gasteiger partial charge in [0, 0.05) is 20.1 Å². The molecule has 3 nitrogen and oxygen atoms in total. The average molecular weight is 269 g/mol. The molecule has 106 valence electrons. The SMILES string of the molecule is CNc1cccc(C#C/C=C2\CCN(C)CC2(C)C)n1. The van der Waals surface area contributed by atoms with Crippen molar-refractivity contribution in [3.05, 3.63) is 35.5 Å². The zero-order valence-electron chi connectivity index (χ0n) is 12.8. The molecule has 0 aliphatic carbocycles. The first-order chi connectivity index (χ1) is 9.51. The number of piperidine rings is 1. The van der Waals surface area contributed by atoms with Gasteiger partial charge in [-0.05, 0) is 43.0 Å². The van der Waals surface area contributed by atoms with Gasteiger partial charge in [-0.15, -0.1) is 0 Å². The van der Waals surface area contributed by atoms with Crippen molar-refractivity contribution in [1.82, 2.24) is 9.88 Å². The molecule has 1 aromatic rings. The lowest BCUT2D eigenvalue weighted by molar-refractivity contribution is 0.200. The van der Waals surface area contributed by atoms with E-state index in [4.69, 9.17) is 0 Å². The van der Waals surface area contributed by atoms with Crippen molar-refractivity contribution >= 4 is 5.82 Å². The Balaban J connectivity index is 2.14. The minimum absolute atomic E-state index is 0.210. The highest BCUT2D eigenvalue weighted by Gasteiger charge is 2.28. The lowest BCUT2D eigenvalue weighted by atomic mass is 9.79. The fraction of sp³-hybridized carbons (Fsp3) is 0.471. The maximum absolute atomic E-state index is 4.40. The summed E-state index contributed by atoms with van der Waals surface area (Å²) in [6, 6.07) is 5.84. The fourth-order valence-corrected chi connectivity index (χ4v) is 2.61. The lowest BCUT2D eigenvalue weighted by Crippen LogP contribution is -2.39. The molecule has 0 spiro atoms. The molecule has 0 unspecified atom stereocenters. The van der Waals surface area contributed by atoms with Gasteiger partial charge in [0.25, 0.3) is 0 Å². The van der Waals surface area contributed by atoms with Gasteiger partial charge in [-0.25, -0.2) is 4.98 Å². The van der Waals surface area contributed by atoms with Crippen LogP contribution in [0.4, 0.5) is 5.82 Å². The molecule has 1 saturated heterocycles. The van der Waals surface area contributed by atoms with E-state index in [1.807, 2.05) is 25.2 Å². The molecule has 0 radical (unpaired) electrons. The summed E-state index contributed by atoms with van der Waals surface area (Å²) in [7, 11) is 4.04. The summed E-state index contributed by atoms with van der Waals surface area (Å²) in [5.74, 6) is 7.15. The minimum Gasteiger partial charge on any atom is -0.373 e. The van der Waals surface area contributed by atoms with Crippen molar-refractivity contribution < 1.29 is 0 Å². The van der Waals surface area contributed by atoms with E-state index >= 15 is 0 Å². The van der Waals surface area contributed by atoms with E-state index in [2.05, 4.69) is 54.0 Å². The molecule has 0 bridgehead atoms. The van der Waals surface area contributed by atoms with Crippen LogP contribution in [0, 0.1) is 17.3 Å². The predicted octanol–water partition coefficient (Wildman–Crippen LogP) is 2.76. The number of hydrogen-bond donors (Lipinski definition) is 1. The molecule has 1 aromatic heterocycles. The van der Waals surface area contributed by atoms with Crippen LogP contribution in [0.3, 0.4) is 0 Å². The van der Waals surface area contributed by atoms with E-state index < -0.39 is 0 Å². The Morgan fingerprint density at radius 3 is 2.90 bits per heavy atom. The van der Waals surface area contributed by atoms with Crippen molar-refractivity contribution in [1.29, 1.82) is 0 Å². The number of likely N-dealkylation sites (tertiary alicyclic amines) is 1. The molecule has 0 aromatic carbocycles. The topological polar surface area (TPSA) is 28.2 Å². The zero-order chi connectivity index (χ0) is 14.6. The summed E-state index contributed by atoms with van der Waals surface area (Å²) in [4.78, 5) is 6.78. The highest BCUT2D eigenvalue weighted by Crippen LogP contribution is 2.33. The van der Waals surface area contributed by atoms with Gasteiger partial charge in [0.05, 0.1) is 0 Å². The number of allylic oxidation sites excluding steroid dienone is 1. The van der Waals surface area contributed by atoms with Gasteiger partial charge in [0.1, 0.15) is 11.5 Å². The molecule has 2 heterocycles. The van der Waals surface area contributed by atoms with Gasteiger partial charge in [-0.1, -0.05) is 31.4 Å². The Morgan fingerprint density at radius 1 is 1.40 bits per heavy atom. The summed E-state index contributed by atoms with van der Waals surface area (Å²) >= 11 is 0. The van der Waals surface area contributed by atoms with Crippen LogP contribution in [0.1, 0.15) is 26.0 Å². The van der Waals surface area contributed by atoms with Crippen molar-refractivity contribution in [2.75, 3.05) is 32.5 Å². The van der Waals surface area contributed by atoms with Gasteiger partial charge < -0.3 is 10.2 Å². The predicted molar refractivity (Wildman–Crippen MR) is 84.6 cm³/mol. The van der Waals surface area contributed by atoms with Gasteiger partial charge in [-0.2, -0.15) is 0 Å². The average Bonchev–Trinajstić information content (AvgIpc) is 2.41. The van der Waals surface area contributed by atoms with Crippen molar-refractivity contribution in [2.45, 2.75) is 20.3 Å². The largest absolute Gasteiger partial charge is 0.373 e. The summed E-state index contributed by atoms with van der Waals surface area (Å²) in [5.41, 5.74) is 2.45. The number of nitrogens with one attached hydrogen (secondary N) is 1. The number of nitrogens with zero attached hydrogens (tertiary/aromatic N) is 2. The number of pyridine rings is 1. The van der Waals surface area contributed by atoms with E-state index in [0.29, 0.717) is 0 Å². The summed E-state index contributed by atoms with van der Waals surface area (Å²) in [6.45, 7) is 6.78. The molecule has 1 aliphatic rings. The first kappa shape index (κ1) is 14.6. The van der Waals surface area contributed by atoms with Crippen LogP contribution in [0.25, 0.3) is 0 Å². The van der Waals surface area contributed by atoms with Crippen LogP contribution >= 0.6 is 0 Å². The second-order valence-electron chi connectivity index (χ2n) is 5.97. The normalized spacial score (nSPS) is 20.3. The highest BCUT2D eigenvalue weighted by molar-refractivity contribution is 5.41. The Kier molecular flexibility index (Phi) is 4.46. The lowest BCUT2D eigenvalue weighted by Gasteiger charge is -2.38. The molecule has 0 amide bonds. The monoisotopic (exact) mass is 269 g/mol. The van der Waals surface area contributed by atoms with E-state index in [0.717, 1.165) is 31.0 Å². The van der Waals surface area contributed by atoms with Gasteiger partial charge >= 0.3 is 0 Å². The molecular formula is C17H23N3. The van der Waals surface area contributed by atoms with Crippen molar-refractivity contribution in [2.24, 2.45) is 5.41 Å². The smallest absolute Gasteiger partial charge is 0.127 e. The third-order valence-corrected chi connectivity index (χ3v) is 3.75. The maximum Gasteiger partial charge on any atom is 0.127 e. The summed E-state index contributed by atoms with van der Waals surface area (Å²) in [6.07, 6.45) is 3.18. The molecule has 20 heavy (non-hydrogen) atoms. The van der Waals surface area contributed by atoms with Crippen molar-refractivity contribution in [3.8, 4) is 11.8 Å². The van der Waals surface area contributed by atoms with Crippen LogP contribution in [0.5, 0.6) is 0 Å². The standard InChI is InChI=1S/C17H23N3/c1-17(2)13-20(4)12-11-14(17)7-5-8-15-9-6-10-16(18-3)19-15/h6-7,9-10H,11-13H2,1-4H3,(H,18,19)/b14-7+. The van der Waals surface area contributed by atoms with Gasteiger partial charge in [0.15, 0.2) is 0 Å². The van der Waals surface area contributed by atoms with E-state index in [9.17, 15) is 0 Å². The van der Waals surface area contributed by atoms with Gasteiger partial charge in [0.2, 0.25) is 0 Å². The highest BCUT2D eigenvalue weighted by atomic mass is 15.1. The third kappa shape index (κ3) is 3.61. The quantitative estimate of drug-likeness (QED) is 0.795. The molecule has 3 heteroatoms. The maximum atomic E-state index is 4.40. The van der Waals surface area contributed by atoms with Crippen LogP contribution in [0.2, 0.25) is 0 Å². The van der Waals surface area contributed by atoms with E-state index in [-0.39, 0.29) is 5.41 Å². The second kappa shape index (κ2) is 6.11. The third-order valence-electron chi connectivity index (χ3n) is 3.75. The van der Waals surface area contributed by atoms with Gasteiger partial charge in [-0.3, -0.25) is 0 Å². The zero-order valence-corrected chi connectivity index (χ0v) is 12.8. The number of hydrogen-bond acceptors (Lipinski definition) is 3. The fourth-order valence-electron chi connectivity index (χ4n) is 2.61. The first-order valence-electron chi connectivity index (χ1n) is 7.06. The molecular weight excluding hydrogens is 246 g/mol. The van der Waals surface area contributed by atoms with Crippen LogP contribution in [0.15, 0.2) is 29.8 Å². The van der Waals surface area contributed by atoms with Crippen LogP contribution < -0.4 is 5.32 Å². The number of rotatable bonds is 1. The van der Waals surface area contributed by atoms with E-state index in [1.165, 1.54) is 5.57 Å². The Bertz CT molecular complexity index is 561. The van der Waals surface area contributed by atoms with E-state index in [1.54, 1.807) is 0 Å². The minimum atomic E-state index is 0.210. The Morgan fingerprint density at radius 2 is 2.20 bits per heavy atom. The molecule has 0 atom stereocenters. The summed E-state index contributed by atoms with van der Waals surface area (Å²) in [5, 5.41) is 3.03. The molecule has 1 N–H and O–H groups in total. The number of anilines is 1.